The van der Waals surface area contributed by atoms with Gasteiger partial charge in [-0.15, -0.1) is 0 Å². The van der Waals surface area contributed by atoms with Gasteiger partial charge in [-0.3, -0.25) is 9.59 Å². The number of nitrogens with one attached hydrogen (secondary N) is 1. The molecule has 0 aliphatic heterocycles. The minimum atomic E-state index is -0.845. The van der Waals surface area contributed by atoms with E-state index in [4.69, 9.17) is 11.6 Å². The summed E-state index contributed by atoms with van der Waals surface area (Å²) >= 11 is 5.82. The number of carbonyl (C=O) groups excluding carboxylic acids is 1. The first-order chi connectivity index (χ1) is 9.05. The summed E-state index contributed by atoms with van der Waals surface area (Å²) in [5.41, 5.74) is -0.563. The van der Waals surface area contributed by atoms with E-state index in [1.165, 1.54) is 6.20 Å². The van der Waals surface area contributed by atoms with E-state index in [1.54, 1.807) is 12.1 Å². The maximum Gasteiger partial charge on any atom is 0.311 e. The molecule has 19 heavy (non-hydrogen) atoms. The number of aromatic nitrogens is 1. The lowest BCUT2D eigenvalue weighted by Crippen LogP contribution is -2.41. The van der Waals surface area contributed by atoms with E-state index < -0.39 is 11.4 Å². The fourth-order valence-electron chi connectivity index (χ4n) is 2.42. The van der Waals surface area contributed by atoms with Crippen LogP contribution in [-0.4, -0.2) is 28.5 Å². The number of halogens is 1. The van der Waals surface area contributed by atoms with Crippen LogP contribution in [0.5, 0.6) is 0 Å². The van der Waals surface area contributed by atoms with Gasteiger partial charge in [0.1, 0.15) is 5.15 Å². The lowest BCUT2D eigenvalue weighted by atomic mass is 9.86. The monoisotopic (exact) mass is 282 g/mol. The molecule has 0 unspecified atom stereocenters. The first kappa shape index (κ1) is 13.8. The van der Waals surface area contributed by atoms with Gasteiger partial charge in [-0.05, 0) is 25.0 Å². The molecule has 0 saturated heterocycles. The van der Waals surface area contributed by atoms with E-state index in [9.17, 15) is 14.7 Å². The minimum Gasteiger partial charge on any atom is -0.481 e. The summed E-state index contributed by atoms with van der Waals surface area (Å²) < 4.78 is 0. The fourth-order valence-corrected chi connectivity index (χ4v) is 2.62. The summed E-state index contributed by atoms with van der Waals surface area (Å²) in [7, 11) is 0. The van der Waals surface area contributed by atoms with Gasteiger partial charge in [-0.2, -0.15) is 0 Å². The molecule has 0 bridgehead atoms. The molecule has 1 heterocycles. The fraction of sp³-hybridized carbons (Fsp3) is 0.462. The van der Waals surface area contributed by atoms with Gasteiger partial charge in [0.15, 0.2) is 0 Å². The van der Waals surface area contributed by atoms with Gasteiger partial charge in [-0.1, -0.05) is 24.4 Å². The second-order valence-electron chi connectivity index (χ2n) is 4.82. The molecule has 1 aromatic heterocycles. The highest BCUT2D eigenvalue weighted by atomic mass is 35.5. The predicted octanol–water partition coefficient (Wildman–Crippen LogP) is 2.11. The second-order valence-corrected chi connectivity index (χ2v) is 5.18. The molecule has 102 valence electrons. The Morgan fingerprint density at radius 3 is 2.68 bits per heavy atom. The number of carboxylic acids is 1. The van der Waals surface area contributed by atoms with Gasteiger partial charge >= 0.3 is 5.97 Å². The molecule has 1 aromatic rings. The van der Waals surface area contributed by atoms with Crippen LogP contribution >= 0.6 is 11.6 Å². The van der Waals surface area contributed by atoms with Gasteiger partial charge in [-0.25, -0.2) is 4.98 Å². The van der Waals surface area contributed by atoms with Crippen molar-refractivity contribution >= 4 is 23.5 Å². The van der Waals surface area contributed by atoms with Crippen LogP contribution in [0.4, 0.5) is 0 Å². The molecule has 0 atom stereocenters. The van der Waals surface area contributed by atoms with Crippen LogP contribution in [0.3, 0.4) is 0 Å². The number of nitrogens with zero attached hydrogens (tertiary/aromatic N) is 1. The summed E-state index contributed by atoms with van der Waals surface area (Å²) in [6.07, 6.45) is 4.47. The predicted molar refractivity (Wildman–Crippen MR) is 70.1 cm³/mol. The summed E-state index contributed by atoms with van der Waals surface area (Å²) in [4.78, 5) is 27.1. The molecule has 1 amide bonds. The van der Waals surface area contributed by atoms with E-state index in [0.29, 0.717) is 12.8 Å². The largest absolute Gasteiger partial charge is 0.481 e. The summed E-state index contributed by atoms with van der Waals surface area (Å²) in [6, 6.07) is 3.18. The average Bonchev–Trinajstić information content (AvgIpc) is 2.86. The third-order valence-electron chi connectivity index (χ3n) is 3.61. The average molecular weight is 283 g/mol. The van der Waals surface area contributed by atoms with Crippen LogP contribution in [0.2, 0.25) is 5.15 Å². The molecule has 2 rings (SSSR count). The van der Waals surface area contributed by atoms with Crippen molar-refractivity contribution in [1.29, 1.82) is 0 Å². The van der Waals surface area contributed by atoms with E-state index in [0.717, 1.165) is 12.8 Å². The second kappa shape index (κ2) is 5.57. The van der Waals surface area contributed by atoms with Crippen LogP contribution in [0, 0.1) is 5.41 Å². The maximum atomic E-state index is 12.0. The maximum absolute atomic E-state index is 12.0. The van der Waals surface area contributed by atoms with Crippen molar-refractivity contribution in [3.05, 3.63) is 29.0 Å². The summed E-state index contributed by atoms with van der Waals surface area (Å²) in [6.45, 7) is 0.131. The molecular weight excluding hydrogens is 268 g/mol. The number of carboxylic acid groups (broad SMARTS) is 1. The van der Waals surface area contributed by atoms with Crippen molar-refractivity contribution in [3.63, 3.8) is 0 Å². The highest BCUT2D eigenvalue weighted by Gasteiger charge is 2.41. The third kappa shape index (κ3) is 2.87. The zero-order valence-electron chi connectivity index (χ0n) is 10.4. The van der Waals surface area contributed by atoms with E-state index in [2.05, 4.69) is 10.3 Å². The molecule has 0 radical (unpaired) electrons. The zero-order chi connectivity index (χ0) is 13.9. The lowest BCUT2D eigenvalue weighted by Gasteiger charge is -2.23. The number of aliphatic carboxylic acids is 1. The molecule has 0 aromatic carbocycles. The molecule has 2 N–H and O–H groups in total. The normalized spacial score (nSPS) is 17.1. The van der Waals surface area contributed by atoms with Crippen LogP contribution in [0.15, 0.2) is 18.3 Å². The van der Waals surface area contributed by atoms with Crippen LogP contribution in [0.1, 0.15) is 36.0 Å². The Morgan fingerprint density at radius 1 is 1.42 bits per heavy atom. The van der Waals surface area contributed by atoms with Gasteiger partial charge in [0.25, 0.3) is 5.91 Å². The highest BCUT2D eigenvalue weighted by Crippen LogP contribution is 2.37. The lowest BCUT2D eigenvalue weighted by molar-refractivity contribution is -0.148. The van der Waals surface area contributed by atoms with Crippen LogP contribution < -0.4 is 5.32 Å². The molecule has 5 nitrogen and oxygen atoms in total. The van der Waals surface area contributed by atoms with Crippen molar-refractivity contribution in [2.24, 2.45) is 5.41 Å². The van der Waals surface area contributed by atoms with E-state index >= 15 is 0 Å². The van der Waals surface area contributed by atoms with Crippen molar-refractivity contribution in [2.45, 2.75) is 25.7 Å². The Hall–Kier alpha value is -1.62. The van der Waals surface area contributed by atoms with Crippen molar-refractivity contribution in [1.82, 2.24) is 10.3 Å². The van der Waals surface area contributed by atoms with E-state index in [-0.39, 0.29) is 23.2 Å². The van der Waals surface area contributed by atoms with Crippen LogP contribution in [0.25, 0.3) is 0 Å². The highest BCUT2D eigenvalue weighted by molar-refractivity contribution is 6.32. The van der Waals surface area contributed by atoms with Crippen LogP contribution in [-0.2, 0) is 4.79 Å². The van der Waals surface area contributed by atoms with Gasteiger partial charge in [0, 0.05) is 12.7 Å². The molecule has 1 fully saturated rings. The van der Waals surface area contributed by atoms with Gasteiger partial charge < -0.3 is 10.4 Å². The molecule has 1 aliphatic carbocycles. The van der Waals surface area contributed by atoms with E-state index in [1.807, 2.05) is 0 Å². The van der Waals surface area contributed by atoms with Crippen molar-refractivity contribution < 1.29 is 14.7 Å². The Bertz CT molecular complexity index is 498. The Morgan fingerprint density at radius 2 is 2.11 bits per heavy atom. The standard InChI is InChI=1S/C13H15ClN2O3/c14-10-9(4-3-7-15-10)11(17)16-8-13(12(18)19)5-1-2-6-13/h3-4,7H,1-2,5-6,8H2,(H,16,17)(H,18,19). The SMILES string of the molecule is O=C(NCC1(C(=O)O)CCCC1)c1cccnc1Cl. The number of rotatable bonds is 4. The number of carbonyl (C=O) groups is 2. The molecule has 6 heteroatoms. The molecule has 1 aliphatic rings. The Kier molecular flexibility index (Phi) is 4.04. The summed E-state index contributed by atoms with van der Waals surface area (Å²) in [5, 5.41) is 12.1. The topological polar surface area (TPSA) is 79.3 Å². The number of hydrogen-bond donors (Lipinski definition) is 2. The number of amides is 1. The molecule has 1 saturated carbocycles. The first-order valence-corrected chi connectivity index (χ1v) is 6.55. The quantitative estimate of drug-likeness (QED) is 0.829. The van der Waals surface area contributed by atoms with Gasteiger partial charge in [0.05, 0.1) is 11.0 Å². The molecular formula is C13H15ClN2O3. The third-order valence-corrected chi connectivity index (χ3v) is 3.91. The number of hydrogen-bond acceptors (Lipinski definition) is 3. The number of pyridine rings is 1. The Labute approximate surface area is 116 Å². The zero-order valence-corrected chi connectivity index (χ0v) is 11.1. The Balaban J connectivity index is 2.04. The van der Waals surface area contributed by atoms with Gasteiger partial charge in [0.2, 0.25) is 0 Å². The van der Waals surface area contributed by atoms with Crippen molar-refractivity contribution in [2.75, 3.05) is 6.54 Å². The first-order valence-electron chi connectivity index (χ1n) is 6.17. The minimum absolute atomic E-state index is 0.121. The van der Waals surface area contributed by atoms with Crippen molar-refractivity contribution in [3.8, 4) is 0 Å². The molecule has 0 spiro atoms. The smallest absolute Gasteiger partial charge is 0.311 e. The summed E-state index contributed by atoms with van der Waals surface area (Å²) in [5.74, 6) is -1.23.